The van der Waals surface area contributed by atoms with Crippen LogP contribution in [-0.4, -0.2) is 61.4 Å². The van der Waals surface area contributed by atoms with Crippen LogP contribution in [0.4, 0.5) is 0 Å². The number of aliphatic hydroxyl groups excluding tert-OH is 1. The highest BCUT2D eigenvalue weighted by atomic mass is 16.5. The zero-order chi connectivity index (χ0) is 19.5. The van der Waals surface area contributed by atoms with Crippen molar-refractivity contribution in [2.24, 2.45) is 4.99 Å². The molecule has 0 saturated carbocycles. The molecule has 0 spiro atoms. The van der Waals surface area contributed by atoms with Crippen molar-refractivity contribution in [1.29, 1.82) is 0 Å². The number of likely N-dealkylation sites (tertiary alicyclic amines) is 1. The first-order valence-corrected chi connectivity index (χ1v) is 10.3. The van der Waals surface area contributed by atoms with Crippen molar-refractivity contribution >= 4 is 5.96 Å². The molecule has 1 aromatic carbocycles. The number of piperidine rings is 1. The van der Waals surface area contributed by atoms with Gasteiger partial charge in [-0.1, -0.05) is 12.1 Å². The van der Waals surface area contributed by atoms with Crippen LogP contribution < -0.4 is 15.4 Å². The second kappa shape index (κ2) is 11.8. The molecule has 0 aliphatic carbocycles. The molecule has 27 heavy (non-hydrogen) atoms. The SMILES string of the molecule is CCNC(=NCc1ccc(C)cc1OCC)NCCCN1CCC(O)CC1. The minimum atomic E-state index is -0.102. The van der Waals surface area contributed by atoms with Crippen molar-refractivity contribution in [3.8, 4) is 5.75 Å². The Kier molecular flexibility index (Phi) is 9.42. The van der Waals surface area contributed by atoms with Crippen LogP contribution in [0.3, 0.4) is 0 Å². The highest BCUT2D eigenvalue weighted by Gasteiger charge is 2.16. The number of aliphatic imine (C=N–C) groups is 1. The summed E-state index contributed by atoms with van der Waals surface area (Å²) >= 11 is 0. The molecule has 6 heteroatoms. The summed E-state index contributed by atoms with van der Waals surface area (Å²) in [5.74, 6) is 1.76. The third-order valence-electron chi connectivity index (χ3n) is 4.77. The van der Waals surface area contributed by atoms with E-state index in [-0.39, 0.29) is 6.10 Å². The smallest absolute Gasteiger partial charge is 0.191 e. The summed E-state index contributed by atoms with van der Waals surface area (Å²) in [6.45, 7) is 12.2. The first-order chi connectivity index (χ1) is 13.1. The maximum absolute atomic E-state index is 9.58. The van der Waals surface area contributed by atoms with E-state index in [1.165, 1.54) is 5.56 Å². The molecule has 2 rings (SSSR count). The van der Waals surface area contributed by atoms with Crippen LogP contribution in [-0.2, 0) is 6.54 Å². The van der Waals surface area contributed by atoms with Crippen molar-refractivity contribution in [1.82, 2.24) is 15.5 Å². The monoisotopic (exact) mass is 376 g/mol. The van der Waals surface area contributed by atoms with Crippen molar-refractivity contribution in [3.63, 3.8) is 0 Å². The molecule has 1 aromatic rings. The van der Waals surface area contributed by atoms with Crippen LogP contribution in [0.1, 0.15) is 44.2 Å². The Balaban J connectivity index is 1.81. The largest absolute Gasteiger partial charge is 0.494 e. The van der Waals surface area contributed by atoms with Gasteiger partial charge in [0.25, 0.3) is 0 Å². The van der Waals surface area contributed by atoms with E-state index in [0.29, 0.717) is 13.2 Å². The molecule has 0 unspecified atom stereocenters. The molecule has 1 heterocycles. The van der Waals surface area contributed by atoms with Crippen LogP contribution in [0.25, 0.3) is 0 Å². The molecule has 152 valence electrons. The molecular weight excluding hydrogens is 340 g/mol. The predicted molar refractivity (Wildman–Crippen MR) is 111 cm³/mol. The summed E-state index contributed by atoms with van der Waals surface area (Å²) in [5, 5.41) is 16.3. The van der Waals surface area contributed by atoms with E-state index < -0.39 is 0 Å². The maximum Gasteiger partial charge on any atom is 0.191 e. The fraction of sp³-hybridized carbons (Fsp3) is 0.667. The highest BCUT2D eigenvalue weighted by molar-refractivity contribution is 5.79. The molecule has 1 saturated heterocycles. The van der Waals surface area contributed by atoms with Gasteiger partial charge >= 0.3 is 0 Å². The average Bonchev–Trinajstić information content (AvgIpc) is 2.66. The summed E-state index contributed by atoms with van der Waals surface area (Å²) in [6.07, 6.45) is 2.76. The Morgan fingerprint density at radius 2 is 2.04 bits per heavy atom. The molecule has 0 atom stereocenters. The fourth-order valence-corrected chi connectivity index (χ4v) is 3.24. The van der Waals surface area contributed by atoms with Gasteiger partial charge in [-0.05, 0) is 58.2 Å². The van der Waals surface area contributed by atoms with Crippen LogP contribution in [0.2, 0.25) is 0 Å². The summed E-state index contributed by atoms with van der Waals surface area (Å²) in [4.78, 5) is 7.15. The molecule has 6 nitrogen and oxygen atoms in total. The molecule has 3 N–H and O–H groups in total. The normalized spacial score (nSPS) is 16.4. The number of nitrogens with one attached hydrogen (secondary N) is 2. The summed E-state index contributed by atoms with van der Waals surface area (Å²) in [7, 11) is 0. The van der Waals surface area contributed by atoms with Gasteiger partial charge in [-0.3, -0.25) is 0 Å². The van der Waals surface area contributed by atoms with E-state index >= 15 is 0 Å². The van der Waals surface area contributed by atoms with Gasteiger partial charge in [-0.15, -0.1) is 0 Å². The molecule has 0 bridgehead atoms. The van der Waals surface area contributed by atoms with Gasteiger partial charge in [-0.25, -0.2) is 4.99 Å². The van der Waals surface area contributed by atoms with E-state index in [4.69, 9.17) is 9.73 Å². The van der Waals surface area contributed by atoms with Crippen LogP contribution >= 0.6 is 0 Å². The number of guanidine groups is 1. The van der Waals surface area contributed by atoms with Gasteiger partial charge in [-0.2, -0.15) is 0 Å². The Morgan fingerprint density at radius 1 is 1.26 bits per heavy atom. The van der Waals surface area contributed by atoms with Crippen molar-refractivity contribution in [2.75, 3.05) is 39.3 Å². The van der Waals surface area contributed by atoms with E-state index in [1.807, 2.05) is 6.92 Å². The van der Waals surface area contributed by atoms with Crippen molar-refractivity contribution < 1.29 is 9.84 Å². The lowest BCUT2D eigenvalue weighted by Gasteiger charge is -2.29. The fourth-order valence-electron chi connectivity index (χ4n) is 3.24. The Labute approximate surface area is 164 Å². The van der Waals surface area contributed by atoms with Gasteiger partial charge in [0.1, 0.15) is 5.75 Å². The number of rotatable bonds is 9. The second-order valence-corrected chi connectivity index (χ2v) is 7.09. The molecule has 0 radical (unpaired) electrons. The summed E-state index contributed by atoms with van der Waals surface area (Å²) in [5.41, 5.74) is 2.30. The first-order valence-electron chi connectivity index (χ1n) is 10.3. The molecule has 1 fully saturated rings. The Morgan fingerprint density at radius 3 is 2.74 bits per heavy atom. The Bertz CT molecular complexity index is 584. The van der Waals surface area contributed by atoms with Gasteiger partial charge in [0.05, 0.1) is 19.3 Å². The lowest BCUT2D eigenvalue weighted by Crippen LogP contribution is -2.40. The standard InChI is InChI=1S/C21H36N4O2/c1-4-22-21(23-11-6-12-25-13-9-19(26)10-14-25)24-16-18-8-7-17(3)15-20(18)27-5-2/h7-8,15,19,26H,4-6,9-14,16H2,1-3H3,(H2,22,23,24). The molecular formula is C21H36N4O2. The number of aliphatic hydroxyl groups is 1. The van der Waals surface area contributed by atoms with E-state index in [2.05, 4.69) is 47.6 Å². The Hall–Kier alpha value is -1.79. The van der Waals surface area contributed by atoms with Crippen molar-refractivity contribution in [3.05, 3.63) is 29.3 Å². The van der Waals surface area contributed by atoms with Gasteiger partial charge < -0.3 is 25.4 Å². The first kappa shape index (κ1) is 21.5. The van der Waals surface area contributed by atoms with Gasteiger partial charge in [0.2, 0.25) is 0 Å². The molecule has 0 amide bonds. The van der Waals surface area contributed by atoms with Crippen LogP contribution in [0, 0.1) is 6.92 Å². The van der Waals surface area contributed by atoms with Crippen LogP contribution in [0.15, 0.2) is 23.2 Å². The van der Waals surface area contributed by atoms with Gasteiger partial charge in [0.15, 0.2) is 5.96 Å². The third kappa shape index (κ3) is 7.77. The second-order valence-electron chi connectivity index (χ2n) is 7.09. The van der Waals surface area contributed by atoms with E-state index in [1.54, 1.807) is 0 Å². The zero-order valence-corrected chi connectivity index (χ0v) is 17.1. The van der Waals surface area contributed by atoms with E-state index in [0.717, 1.165) is 69.3 Å². The number of nitrogens with zero attached hydrogens (tertiary/aromatic N) is 2. The number of hydrogen-bond donors (Lipinski definition) is 3. The predicted octanol–water partition coefficient (Wildman–Crippen LogP) is 2.30. The zero-order valence-electron chi connectivity index (χ0n) is 17.1. The van der Waals surface area contributed by atoms with E-state index in [9.17, 15) is 5.11 Å². The third-order valence-corrected chi connectivity index (χ3v) is 4.77. The lowest BCUT2D eigenvalue weighted by atomic mass is 10.1. The average molecular weight is 377 g/mol. The summed E-state index contributed by atoms with van der Waals surface area (Å²) in [6, 6.07) is 6.27. The van der Waals surface area contributed by atoms with Crippen molar-refractivity contribution in [2.45, 2.75) is 52.7 Å². The minimum Gasteiger partial charge on any atom is -0.494 e. The van der Waals surface area contributed by atoms with Crippen LogP contribution in [0.5, 0.6) is 5.75 Å². The molecule has 1 aliphatic heterocycles. The lowest BCUT2D eigenvalue weighted by molar-refractivity contribution is 0.0823. The summed E-state index contributed by atoms with van der Waals surface area (Å²) < 4.78 is 5.75. The number of aryl methyl sites for hydroxylation is 1. The maximum atomic E-state index is 9.58. The van der Waals surface area contributed by atoms with Gasteiger partial charge in [0, 0.05) is 31.7 Å². The molecule has 1 aliphatic rings. The number of ether oxygens (including phenoxy) is 1. The number of benzene rings is 1. The topological polar surface area (TPSA) is 69.1 Å². The molecule has 0 aromatic heterocycles. The minimum absolute atomic E-state index is 0.102. The highest BCUT2D eigenvalue weighted by Crippen LogP contribution is 2.21. The quantitative estimate of drug-likeness (QED) is 0.350. The number of hydrogen-bond acceptors (Lipinski definition) is 4.